The van der Waals surface area contributed by atoms with Gasteiger partial charge in [-0.1, -0.05) is 12.1 Å². The standard InChI is InChI=1S/C10H12ClF2NO4S2/c11-19(15,16)9-5-3-8(4-6-9)2-1-7-14-20(17,18)10(12)13/h3-6,10,14H,1-2,7H2. The van der Waals surface area contributed by atoms with E-state index < -0.39 is 24.8 Å². The maximum Gasteiger partial charge on any atom is 0.350 e. The van der Waals surface area contributed by atoms with E-state index in [9.17, 15) is 25.6 Å². The van der Waals surface area contributed by atoms with Crippen molar-refractivity contribution in [2.24, 2.45) is 0 Å². The number of nitrogens with one attached hydrogen (secondary N) is 1. The van der Waals surface area contributed by atoms with Crippen molar-refractivity contribution in [3.8, 4) is 0 Å². The molecule has 20 heavy (non-hydrogen) atoms. The molecule has 0 aliphatic heterocycles. The first-order valence-corrected chi connectivity index (χ1v) is 9.29. The second kappa shape index (κ2) is 6.79. The van der Waals surface area contributed by atoms with Crippen LogP contribution in [-0.2, 0) is 25.5 Å². The highest BCUT2D eigenvalue weighted by Crippen LogP contribution is 2.15. The molecule has 0 amide bonds. The van der Waals surface area contributed by atoms with Crippen LogP contribution >= 0.6 is 10.7 Å². The third-order valence-corrected chi connectivity index (χ3v) is 4.83. The van der Waals surface area contributed by atoms with Crippen molar-refractivity contribution < 1.29 is 25.6 Å². The summed E-state index contributed by atoms with van der Waals surface area (Å²) in [5.74, 6) is -3.45. The van der Waals surface area contributed by atoms with Crippen LogP contribution in [0.25, 0.3) is 0 Å². The lowest BCUT2D eigenvalue weighted by Crippen LogP contribution is -2.30. The maximum absolute atomic E-state index is 12.0. The van der Waals surface area contributed by atoms with E-state index in [0.29, 0.717) is 12.8 Å². The van der Waals surface area contributed by atoms with Crippen molar-refractivity contribution in [1.29, 1.82) is 0 Å². The van der Waals surface area contributed by atoms with Gasteiger partial charge >= 0.3 is 5.76 Å². The van der Waals surface area contributed by atoms with Gasteiger partial charge in [0.1, 0.15) is 0 Å². The molecule has 0 atom stereocenters. The van der Waals surface area contributed by atoms with Gasteiger partial charge in [0, 0.05) is 17.2 Å². The summed E-state index contributed by atoms with van der Waals surface area (Å²) in [5.41, 5.74) is 0.741. The van der Waals surface area contributed by atoms with Crippen LogP contribution in [0.3, 0.4) is 0 Å². The fraction of sp³-hybridized carbons (Fsp3) is 0.400. The number of hydrogen-bond donors (Lipinski definition) is 1. The molecule has 1 aromatic rings. The van der Waals surface area contributed by atoms with Gasteiger partial charge in [0.05, 0.1) is 4.90 Å². The van der Waals surface area contributed by atoms with Crippen molar-refractivity contribution in [2.75, 3.05) is 6.54 Å². The van der Waals surface area contributed by atoms with Gasteiger partial charge in [-0.25, -0.2) is 21.6 Å². The van der Waals surface area contributed by atoms with E-state index in [1.54, 1.807) is 4.72 Å². The molecule has 0 aliphatic carbocycles. The first-order chi connectivity index (χ1) is 9.13. The molecule has 1 N–H and O–H groups in total. The van der Waals surface area contributed by atoms with Crippen molar-refractivity contribution in [1.82, 2.24) is 4.72 Å². The van der Waals surface area contributed by atoms with Gasteiger partial charge in [0.15, 0.2) is 0 Å². The van der Waals surface area contributed by atoms with Gasteiger partial charge < -0.3 is 0 Å². The Morgan fingerprint density at radius 2 is 1.65 bits per heavy atom. The summed E-state index contributed by atoms with van der Waals surface area (Å²) in [6.45, 7) is -0.123. The van der Waals surface area contributed by atoms with E-state index in [4.69, 9.17) is 10.7 Å². The van der Waals surface area contributed by atoms with Crippen LogP contribution < -0.4 is 4.72 Å². The van der Waals surface area contributed by atoms with Crippen molar-refractivity contribution in [3.05, 3.63) is 29.8 Å². The number of sulfonamides is 1. The van der Waals surface area contributed by atoms with E-state index in [1.807, 2.05) is 0 Å². The highest BCUT2D eigenvalue weighted by atomic mass is 35.7. The van der Waals surface area contributed by atoms with Gasteiger partial charge in [0.2, 0.25) is 0 Å². The number of hydrogen-bond acceptors (Lipinski definition) is 4. The van der Waals surface area contributed by atoms with Crippen LogP contribution in [0, 0.1) is 0 Å². The normalized spacial score (nSPS) is 12.8. The smallest absolute Gasteiger partial charge is 0.210 e. The van der Waals surface area contributed by atoms with Crippen molar-refractivity contribution in [2.45, 2.75) is 23.5 Å². The minimum absolute atomic E-state index is 0.0404. The Hall–Kier alpha value is -0.770. The van der Waals surface area contributed by atoms with E-state index in [0.717, 1.165) is 5.56 Å². The molecule has 114 valence electrons. The number of benzene rings is 1. The summed E-state index contributed by atoms with van der Waals surface area (Å²) < 4.78 is 69.3. The molecule has 0 spiro atoms. The molecule has 0 heterocycles. The maximum atomic E-state index is 12.0. The first-order valence-electron chi connectivity index (χ1n) is 5.43. The van der Waals surface area contributed by atoms with Crippen molar-refractivity contribution >= 4 is 29.8 Å². The molecule has 0 saturated carbocycles. The van der Waals surface area contributed by atoms with Crippen molar-refractivity contribution in [3.63, 3.8) is 0 Å². The average Bonchev–Trinajstić information content (AvgIpc) is 2.34. The highest BCUT2D eigenvalue weighted by molar-refractivity contribution is 8.13. The quantitative estimate of drug-likeness (QED) is 0.601. The second-order valence-electron chi connectivity index (χ2n) is 3.89. The Kier molecular flexibility index (Phi) is 5.87. The van der Waals surface area contributed by atoms with Gasteiger partial charge in [-0.2, -0.15) is 8.78 Å². The summed E-state index contributed by atoms with van der Waals surface area (Å²) >= 11 is 0. The van der Waals surface area contributed by atoms with E-state index in [2.05, 4.69) is 0 Å². The minimum Gasteiger partial charge on any atom is -0.210 e. The molecular formula is C10H12ClF2NO4S2. The average molecular weight is 348 g/mol. The molecule has 1 aromatic carbocycles. The van der Waals surface area contributed by atoms with Gasteiger partial charge in [-0.3, -0.25) is 0 Å². The molecular weight excluding hydrogens is 336 g/mol. The highest BCUT2D eigenvalue weighted by Gasteiger charge is 2.22. The number of alkyl halides is 2. The summed E-state index contributed by atoms with van der Waals surface area (Å²) in [5, 5.41) is 0. The Morgan fingerprint density at radius 3 is 2.10 bits per heavy atom. The molecule has 0 aliphatic rings. The molecule has 1 rings (SSSR count). The SMILES string of the molecule is O=S(=O)(Cl)c1ccc(CCCNS(=O)(=O)C(F)F)cc1. The Labute approximate surface area is 120 Å². The zero-order chi connectivity index (χ0) is 15.4. The van der Waals surface area contributed by atoms with Crippen LogP contribution in [0.2, 0.25) is 0 Å². The molecule has 0 radical (unpaired) electrons. The van der Waals surface area contributed by atoms with Crippen LogP contribution in [-0.4, -0.2) is 29.1 Å². The first kappa shape index (κ1) is 17.3. The monoisotopic (exact) mass is 347 g/mol. The van der Waals surface area contributed by atoms with E-state index in [-0.39, 0.29) is 11.4 Å². The molecule has 5 nitrogen and oxygen atoms in total. The summed E-state index contributed by atoms with van der Waals surface area (Å²) in [4.78, 5) is -0.0404. The fourth-order valence-corrected chi connectivity index (χ4v) is 2.71. The summed E-state index contributed by atoms with van der Waals surface area (Å²) in [6.07, 6.45) is 0.716. The zero-order valence-electron chi connectivity index (χ0n) is 10.1. The topological polar surface area (TPSA) is 80.3 Å². The summed E-state index contributed by atoms with van der Waals surface area (Å²) in [6, 6.07) is 5.69. The molecule has 0 bridgehead atoms. The Bertz CT molecular complexity index is 644. The third kappa shape index (κ3) is 5.31. The lowest BCUT2D eigenvalue weighted by molar-refractivity contribution is 0.232. The molecule has 0 aromatic heterocycles. The van der Waals surface area contributed by atoms with Gasteiger partial charge in [-0.15, -0.1) is 0 Å². The predicted octanol–water partition coefficient (Wildman–Crippen LogP) is 1.69. The van der Waals surface area contributed by atoms with Crippen LogP contribution in [0.4, 0.5) is 8.78 Å². The molecule has 0 fully saturated rings. The largest absolute Gasteiger partial charge is 0.350 e. The lowest BCUT2D eigenvalue weighted by atomic mass is 10.1. The number of halogens is 3. The fourth-order valence-electron chi connectivity index (χ4n) is 1.39. The van der Waals surface area contributed by atoms with E-state index in [1.165, 1.54) is 24.3 Å². The molecule has 0 unspecified atom stereocenters. The van der Waals surface area contributed by atoms with Gasteiger partial charge in [0.25, 0.3) is 19.1 Å². The van der Waals surface area contributed by atoms with Crippen LogP contribution in [0.1, 0.15) is 12.0 Å². The van der Waals surface area contributed by atoms with E-state index >= 15 is 0 Å². The molecule has 10 heteroatoms. The lowest BCUT2D eigenvalue weighted by Gasteiger charge is -2.05. The summed E-state index contributed by atoms with van der Waals surface area (Å²) in [7, 11) is -3.19. The minimum atomic E-state index is -4.56. The third-order valence-electron chi connectivity index (χ3n) is 2.38. The Morgan fingerprint density at radius 1 is 1.10 bits per heavy atom. The number of aryl methyl sites for hydroxylation is 1. The van der Waals surface area contributed by atoms with Crippen LogP contribution in [0.5, 0.6) is 0 Å². The van der Waals surface area contributed by atoms with Gasteiger partial charge in [-0.05, 0) is 30.5 Å². The predicted molar refractivity (Wildman–Crippen MR) is 70.7 cm³/mol. The van der Waals surface area contributed by atoms with Crippen LogP contribution in [0.15, 0.2) is 29.2 Å². The zero-order valence-corrected chi connectivity index (χ0v) is 12.5. The number of rotatable bonds is 7. The Balaban J connectivity index is 2.48. The molecule has 0 saturated heterocycles. The second-order valence-corrected chi connectivity index (χ2v) is 8.19.